The molecular formula is C17H24O2. The molecule has 1 rings (SSSR count). The highest BCUT2D eigenvalue weighted by atomic mass is 16.6. The van der Waals surface area contributed by atoms with E-state index in [1.165, 1.54) is 38.2 Å². The SMILES string of the molecule is C=C[C@H](O)C#CC#CC[C@@H]1O[C@H]1CCCCCCC. The lowest BCUT2D eigenvalue weighted by molar-refractivity contribution is 0.281. The van der Waals surface area contributed by atoms with Gasteiger partial charge in [-0.15, -0.1) is 0 Å². The minimum absolute atomic E-state index is 0.310. The normalized spacial score (nSPS) is 21.6. The topological polar surface area (TPSA) is 32.8 Å². The molecule has 1 fully saturated rings. The first-order valence-electron chi connectivity index (χ1n) is 7.22. The van der Waals surface area contributed by atoms with Gasteiger partial charge in [-0.25, -0.2) is 0 Å². The Morgan fingerprint density at radius 3 is 2.74 bits per heavy atom. The van der Waals surface area contributed by atoms with Crippen LogP contribution in [-0.2, 0) is 4.74 Å². The summed E-state index contributed by atoms with van der Waals surface area (Å²) in [4.78, 5) is 0. The van der Waals surface area contributed by atoms with Crippen molar-refractivity contribution in [2.24, 2.45) is 0 Å². The zero-order valence-corrected chi connectivity index (χ0v) is 11.8. The predicted octanol–water partition coefficient (Wildman–Crippen LogP) is 3.06. The fourth-order valence-electron chi connectivity index (χ4n) is 1.93. The molecule has 0 aliphatic carbocycles. The number of aliphatic hydroxyl groups is 1. The number of unbranched alkanes of at least 4 members (excludes halogenated alkanes) is 4. The summed E-state index contributed by atoms with van der Waals surface area (Å²) in [6, 6.07) is 0. The van der Waals surface area contributed by atoms with Crippen LogP contribution in [0, 0.1) is 23.7 Å². The zero-order chi connectivity index (χ0) is 13.9. The Kier molecular flexibility index (Phi) is 8.07. The first-order chi connectivity index (χ1) is 9.27. The lowest BCUT2D eigenvalue weighted by Gasteiger charge is -1.96. The first-order valence-corrected chi connectivity index (χ1v) is 7.22. The van der Waals surface area contributed by atoms with E-state index < -0.39 is 6.10 Å². The fraction of sp³-hybridized carbons (Fsp3) is 0.647. The monoisotopic (exact) mass is 260 g/mol. The van der Waals surface area contributed by atoms with Gasteiger partial charge in [0.1, 0.15) is 6.10 Å². The van der Waals surface area contributed by atoms with E-state index in [1.807, 2.05) is 0 Å². The molecule has 0 aromatic carbocycles. The molecule has 0 aromatic rings. The second-order valence-corrected chi connectivity index (χ2v) is 4.87. The van der Waals surface area contributed by atoms with Crippen LogP contribution in [0.5, 0.6) is 0 Å². The molecule has 2 heteroatoms. The van der Waals surface area contributed by atoms with Gasteiger partial charge in [0, 0.05) is 6.42 Å². The number of hydrogen-bond donors (Lipinski definition) is 1. The summed E-state index contributed by atoms with van der Waals surface area (Å²) in [6.07, 6.45) is 9.80. The summed E-state index contributed by atoms with van der Waals surface area (Å²) >= 11 is 0. The predicted molar refractivity (Wildman–Crippen MR) is 78.4 cm³/mol. The van der Waals surface area contributed by atoms with Crippen molar-refractivity contribution in [2.45, 2.75) is 70.2 Å². The van der Waals surface area contributed by atoms with Crippen molar-refractivity contribution in [2.75, 3.05) is 0 Å². The molecule has 0 saturated carbocycles. The summed E-state index contributed by atoms with van der Waals surface area (Å²) in [5.74, 6) is 10.9. The standard InChI is InChI=1S/C17H24O2/c1-3-5-6-7-10-13-16-17(19-16)14-11-8-9-12-15(18)4-2/h4,15-18H,2-3,5-7,10,13-14H2,1H3/t15-,16-,17-/m0/s1. The first kappa shape index (κ1) is 15.8. The van der Waals surface area contributed by atoms with Crippen LogP contribution in [0.2, 0.25) is 0 Å². The Hall–Kier alpha value is -1.22. The highest BCUT2D eigenvalue weighted by molar-refractivity contribution is 5.29. The zero-order valence-electron chi connectivity index (χ0n) is 11.8. The second-order valence-electron chi connectivity index (χ2n) is 4.87. The Morgan fingerprint density at radius 2 is 2.00 bits per heavy atom. The molecule has 0 amide bonds. The largest absolute Gasteiger partial charge is 0.377 e. The van der Waals surface area contributed by atoms with Crippen LogP contribution in [0.25, 0.3) is 0 Å². The Balaban J connectivity index is 2.03. The average Bonchev–Trinajstić information content (AvgIpc) is 3.16. The van der Waals surface area contributed by atoms with E-state index in [-0.39, 0.29) is 0 Å². The van der Waals surface area contributed by atoms with Crippen molar-refractivity contribution in [1.82, 2.24) is 0 Å². The van der Waals surface area contributed by atoms with Crippen LogP contribution in [0.1, 0.15) is 51.9 Å². The summed E-state index contributed by atoms with van der Waals surface area (Å²) < 4.78 is 5.56. The Labute approximate surface area is 117 Å². The Morgan fingerprint density at radius 1 is 1.21 bits per heavy atom. The summed E-state index contributed by atoms with van der Waals surface area (Å²) in [5, 5.41) is 9.10. The minimum Gasteiger partial charge on any atom is -0.377 e. The minimum atomic E-state index is -0.776. The van der Waals surface area contributed by atoms with Gasteiger partial charge in [-0.2, -0.15) is 0 Å². The third-order valence-corrected chi connectivity index (χ3v) is 3.18. The molecule has 0 bridgehead atoms. The van der Waals surface area contributed by atoms with Crippen molar-refractivity contribution in [3.8, 4) is 23.7 Å². The van der Waals surface area contributed by atoms with Crippen LogP contribution >= 0.6 is 0 Å². The van der Waals surface area contributed by atoms with Gasteiger partial charge in [0.15, 0.2) is 0 Å². The molecule has 0 aromatic heterocycles. The molecule has 0 spiro atoms. The molecule has 2 nitrogen and oxygen atoms in total. The molecule has 0 radical (unpaired) electrons. The van der Waals surface area contributed by atoms with Crippen molar-refractivity contribution in [1.29, 1.82) is 0 Å². The molecule has 1 saturated heterocycles. The van der Waals surface area contributed by atoms with Crippen LogP contribution in [0.15, 0.2) is 12.7 Å². The molecule has 0 unspecified atom stereocenters. The van der Waals surface area contributed by atoms with Crippen LogP contribution in [-0.4, -0.2) is 23.4 Å². The number of epoxide rings is 1. The molecule has 1 aliphatic rings. The van der Waals surface area contributed by atoms with Gasteiger partial charge in [-0.05, 0) is 18.3 Å². The number of rotatable bonds is 8. The van der Waals surface area contributed by atoms with Crippen molar-refractivity contribution in [3.05, 3.63) is 12.7 Å². The van der Waals surface area contributed by atoms with E-state index in [9.17, 15) is 0 Å². The average molecular weight is 260 g/mol. The van der Waals surface area contributed by atoms with E-state index in [0.717, 1.165) is 12.8 Å². The molecule has 104 valence electrons. The highest BCUT2D eigenvalue weighted by Gasteiger charge is 2.36. The van der Waals surface area contributed by atoms with Crippen molar-refractivity contribution >= 4 is 0 Å². The van der Waals surface area contributed by atoms with Gasteiger partial charge < -0.3 is 9.84 Å². The summed E-state index contributed by atoms with van der Waals surface area (Å²) in [5.41, 5.74) is 0. The number of ether oxygens (including phenoxy) is 1. The maximum atomic E-state index is 9.10. The molecule has 1 heterocycles. The van der Waals surface area contributed by atoms with E-state index in [2.05, 4.69) is 37.2 Å². The third-order valence-electron chi connectivity index (χ3n) is 3.18. The van der Waals surface area contributed by atoms with Gasteiger partial charge in [0.2, 0.25) is 0 Å². The quantitative estimate of drug-likeness (QED) is 0.315. The lowest BCUT2D eigenvalue weighted by Crippen LogP contribution is -1.94. The van der Waals surface area contributed by atoms with E-state index in [0.29, 0.717) is 12.2 Å². The van der Waals surface area contributed by atoms with Crippen LogP contribution in [0.4, 0.5) is 0 Å². The lowest BCUT2D eigenvalue weighted by atomic mass is 10.1. The van der Waals surface area contributed by atoms with E-state index in [4.69, 9.17) is 9.84 Å². The van der Waals surface area contributed by atoms with Crippen molar-refractivity contribution < 1.29 is 9.84 Å². The van der Waals surface area contributed by atoms with Crippen LogP contribution in [0.3, 0.4) is 0 Å². The van der Waals surface area contributed by atoms with E-state index >= 15 is 0 Å². The van der Waals surface area contributed by atoms with Gasteiger partial charge in [0.25, 0.3) is 0 Å². The molecule has 1 aliphatic heterocycles. The summed E-state index contributed by atoms with van der Waals surface area (Å²) in [7, 11) is 0. The maximum absolute atomic E-state index is 9.10. The smallest absolute Gasteiger partial charge is 0.134 e. The molecule has 19 heavy (non-hydrogen) atoms. The highest BCUT2D eigenvalue weighted by Crippen LogP contribution is 2.29. The fourth-order valence-corrected chi connectivity index (χ4v) is 1.93. The molecule has 1 N–H and O–H groups in total. The van der Waals surface area contributed by atoms with E-state index in [1.54, 1.807) is 0 Å². The third kappa shape index (κ3) is 7.73. The number of hydrogen-bond acceptors (Lipinski definition) is 2. The maximum Gasteiger partial charge on any atom is 0.134 e. The van der Waals surface area contributed by atoms with Gasteiger partial charge in [-0.3, -0.25) is 0 Å². The van der Waals surface area contributed by atoms with Crippen molar-refractivity contribution in [3.63, 3.8) is 0 Å². The Bertz CT molecular complexity index is 378. The van der Waals surface area contributed by atoms with Gasteiger partial charge >= 0.3 is 0 Å². The van der Waals surface area contributed by atoms with Gasteiger partial charge in [-0.1, -0.05) is 63.5 Å². The second kappa shape index (κ2) is 9.68. The molecular weight excluding hydrogens is 236 g/mol. The molecule has 3 atom stereocenters. The van der Waals surface area contributed by atoms with Gasteiger partial charge in [0.05, 0.1) is 12.2 Å². The summed E-state index contributed by atoms with van der Waals surface area (Å²) in [6.45, 7) is 5.67. The van der Waals surface area contributed by atoms with Crippen LogP contribution < -0.4 is 0 Å². The number of aliphatic hydroxyl groups excluding tert-OH is 1.